The molecule has 0 spiro atoms. The highest BCUT2D eigenvalue weighted by Crippen LogP contribution is 2.26. The summed E-state index contributed by atoms with van der Waals surface area (Å²) in [5.41, 5.74) is 0.912. The van der Waals surface area contributed by atoms with Crippen LogP contribution in [0.2, 0.25) is 0 Å². The second kappa shape index (κ2) is 8.44. The van der Waals surface area contributed by atoms with E-state index in [1.807, 2.05) is 24.3 Å². The standard InChI is InChI=1S/C19H21NO5S/c1-24-14-8-4-13(5-9-14)16(21)11-25-15-6-2-12(3-7-15)10-17-18(22)20-19(23)26-17/h2-9,16-17,19,21,23H,10-11H2,1H3,(H,20,22)/t16-,17?,19?/m0/s1. The number of amides is 1. The third-order valence-corrected chi connectivity index (χ3v) is 5.19. The lowest BCUT2D eigenvalue weighted by atomic mass is 10.1. The van der Waals surface area contributed by atoms with Crippen molar-refractivity contribution in [3.63, 3.8) is 0 Å². The van der Waals surface area contributed by atoms with Crippen LogP contribution in [0.15, 0.2) is 48.5 Å². The number of nitrogens with one attached hydrogen (secondary N) is 1. The van der Waals surface area contributed by atoms with Gasteiger partial charge in [0.2, 0.25) is 5.91 Å². The average molecular weight is 375 g/mol. The molecule has 0 saturated carbocycles. The number of carbonyl (C=O) groups is 1. The number of thioether (sulfide) groups is 1. The minimum Gasteiger partial charge on any atom is -0.497 e. The number of hydrogen-bond donors (Lipinski definition) is 3. The van der Waals surface area contributed by atoms with Crippen LogP contribution in [0.5, 0.6) is 11.5 Å². The molecule has 0 radical (unpaired) electrons. The lowest BCUT2D eigenvalue weighted by molar-refractivity contribution is -0.121. The molecule has 3 rings (SSSR count). The Morgan fingerprint density at radius 1 is 1.12 bits per heavy atom. The molecule has 0 aliphatic carbocycles. The summed E-state index contributed by atoms with van der Waals surface area (Å²) < 4.78 is 10.7. The molecule has 138 valence electrons. The molecule has 0 aromatic heterocycles. The Balaban J connectivity index is 1.51. The smallest absolute Gasteiger partial charge is 0.236 e. The van der Waals surface area contributed by atoms with Crippen LogP contribution >= 0.6 is 11.8 Å². The van der Waals surface area contributed by atoms with Gasteiger partial charge in [-0.3, -0.25) is 4.79 Å². The van der Waals surface area contributed by atoms with Crippen molar-refractivity contribution in [1.29, 1.82) is 0 Å². The van der Waals surface area contributed by atoms with Crippen LogP contribution in [0.25, 0.3) is 0 Å². The summed E-state index contributed by atoms with van der Waals surface area (Å²) in [7, 11) is 1.60. The topological polar surface area (TPSA) is 88.0 Å². The quantitative estimate of drug-likeness (QED) is 0.685. The molecular weight excluding hydrogens is 354 g/mol. The first-order valence-corrected chi connectivity index (χ1v) is 9.17. The van der Waals surface area contributed by atoms with Crippen molar-refractivity contribution in [2.45, 2.75) is 23.3 Å². The van der Waals surface area contributed by atoms with E-state index in [9.17, 15) is 15.0 Å². The predicted molar refractivity (Wildman–Crippen MR) is 99.1 cm³/mol. The van der Waals surface area contributed by atoms with Gasteiger partial charge >= 0.3 is 0 Å². The Kier molecular flexibility index (Phi) is 6.03. The molecule has 1 amide bonds. The summed E-state index contributed by atoms with van der Waals surface area (Å²) in [4.78, 5) is 11.7. The minimum absolute atomic E-state index is 0.138. The average Bonchev–Trinajstić information content (AvgIpc) is 2.98. The van der Waals surface area contributed by atoms with Crippen LogP contribution < -0.4 is 14.8 Å². The molecule has 26 heavy (non-hydrogen) atoms. The summed E-state index contributed by atoms with van der Waals surface area (Å²) in [5.74, 6) is 1.23. The second-order valence-corrected chi connectivity index (χ2v) is 7.22. The highest BCUT2D eigenvalue weighted by Gasteiger charge is 2.31. The number of carbonyl (C=O) groups excluding carboxylic acids is 1. The van der Waals surface area contributed by atoms with Gasteiger partial charge in [0.15, 0.2) is 5.56 Å². The Hall–Kier alpha value is -2.22. The van der Waals surface area contributed by atoms with E-state index < -0.39 is 11.7 Å². The van der Waals surface area contributed by atoms with E-state index in [4.69, 9.17) is 9.47 Å². The third kappa shape index (κ3) is 4.69. The van der Waals surface area contributed by atoms with E-state index in [2.05, 4.69) is 5.32 Å². The minimum atomic E-state index is -0.824. The highest BCUT2D eigenvalue weighted by molar-refractivity contribution is 8.01. The van der Waals surface area contributed by atoms with Gasteiger partial charge in [-0.05, 0) is 41.8 Å². The number of aliphatic hydroxyl groups is 2. The van der Waals surface area contributed by atoms with E-state index in [0.717, 1.165) is 16.9 Å². The zero-order valence-corrected chi connectivity index (χ0v) is 15.1. The lowest BCUT2D eigenvalue weighted by Gasteiger charge is -2.14. The Labute approximate surface area is 156 Å². The molecule has 3 atom stereocenters. The van der Waals surface area contributed by atoms with Gasteiger partial charge in [0.1, 0.15) is 24.2 Å². The van der Waals surface area contributed by atoms with Crippen LogP contribution in [0.4, 0.5) is 0 Å². The maximum absolute atomic E-state index is 11.7. The molecule has 1 aliphatic heterocycles. The van der Waals surface area contributed by atoms with Gasteiger partial charge in [-0.25, -0.2) is 0 Å². The molecular formula is C19H21NO5S. The monoisotopic (exact) mass is 375 g/mol. The van der Waals surface area contributed by atoms with Gasteiger partial charge in [-0.1, -0.05) is 36.0 Å². The lowest BCUT2D eigenvalue weighted by Crippen LogP contribution is -2.27. The Morgan fingerprint density at radius 2 is 1.77 bits per heavy atom. The number of aliphatic hydroxyl groups excluding tert-OH is 2. The molecule has 1 saturated heterocycles. The normalized spacial score (nSPS) is 20.5. The Morgan fingerprint density at radius 3 is 2.35 bits per heavy atom. The van der Waals surface area contributed by atoms with E-state index >= 15 is 0 Å². The molecule has 2 aromatic carbocycles. The predicted octanol–water partition coefficient (Wildman–Crippen LogP) is 1.86. The van der Waals surface area contributed by atoms with Gasteiger partial charge in [0.05, 0.1) is 12.4 Å². The number of hydrogen-bond acceptors (Lipinski definition) is 6. The molecule has 1 fully saturated rings. The van der Waals surface area contributed by atoms with Gasteiger partial charge < -0.3 is 25.0 Å². The summed E-state index contributed by atoms with van der Waals surface area (Å²) in [6.45, 7) is 0.138. The first-order valence-electron chi connectivity index (χ1n) is 8.23. The molecule has 7 heteroatoms. The molecule has 0 bridgehead atoms. The van der Waals surface area contributed by atoms with E-state index in [0.29, 0.717) is 12.2 Å². The second-order valence-electron chi connectivity index (χ2n) is 5.93. The van der Waals surface area contributed by atoms with E-state index in [-0.39, 0.29) is 17.8 Å². The van der Waals surface area contributed by atoms with Crippen molar-refractivity contribution in [3.05, 3.63) is 59.7 Å². The third-order valence-electron chi connectivity index (χ3n) is 4.10. The number of rotatable bonds is 7. The van der Waals surface area contributed by atoms with Crippen molar-refractivity contribution in [1.82, 2.24) is 5.32 Å². The maximum atomic E-state index is 11.7. The SMILES string of the molecule is COc1ccc([C@@H](O)COc2ccc(CC3SC(O)NC3=O)cc2)cc1. The van der Waals surface area contributed by atoms with Gasteiger partial charge in [-0.15, -0.1) is 0 Å². The van der Waals surface area contributed by atoms with Crippen LogP contribution in [0, 0.1) is 0 Å². The fraction of sp³-hybridized carbons (Fsp3) is 0.316. The number of ether oxygens (including phenoxy) is 2. The van der Waals surface area contributed by atoms with E-state index in [1.54, 1.807) is 31.4 Å². The van der Waals surface area contributed by atoms with Gasteiger partial charge in [0, 0.05) is 0 Å². The van der Waals surface area contributed by atoms with Gasteiger partial charge in [-0.2, -0.15) is 0 Å². The largest absolute Gasteiger partial charge is 0.497 e. The molecule has 1 aliphatic rings. The first-order chi connectivity index (χ1) is 12.5. The summed E-state index contributed by atoms with van der Waals surface area (Å²) >= 11 is 1.21. The van der Waals surface area contributed by atoms with Crippen LogP contribution in [0.3, 0.4) is 0 Å². The highest BCUT2D eigenvalue weighted by atomic mass is 32.2. The molecule has 2 aromatic rings. The van der Waals surface area contributed by atoms with Crippen molar-refractivity contribution in [3.8, 4) is 11.5 Å². The van der Waals surface area contributed by atoms with E-state index in [1.165, 1.54) is 11.8 Å². The fourth-order valence-electron chi connectivity index (χ4n) is 2.64. The summed E-state index contributed by atoms with van der Waals surface area (Å²) in [5, 5.41) is 21.8. The van der Waals surface area contributed by atoms with Crippen LogP contribution in [-0.4, -0.2) is 40.6 Å². The fourth-order valence-corrected chi connectivity index (χ4v) is 3.62. The Bertz CT molecular complexity index is 735. The number of benzene rings is 2. The summed E-state index contributed by atoms with van der Waals surface area (Å²) in [6, 6.07) is 14.6. The maximum Gasteiger partial charge on any atom is 0.236 e. The summed E-state index contributed by atoms with van der Waals surface area (Å²) in [6.07, 6.45) is -0.192. The van der Waals surface area contributed by atoms with Crippen molar-refractivity contribution < 1.29 is 24.5 Å². The zero-order valence-electron chi connectivity index (χ0n) is 14.3. The van der Waals surface area contributed by atoms with Gasteiger partial charge in [0.25, 0.3) is 0 Å². The molecule has 3 N–H and O–H groups in total. The van der Waals surface area contributed by atoms with Crippen molar-refractivity contribution in [2.24, 2.45) is 0 Å². The van der Waals surface area contributed by atoms with Crippen molar-refractivity contribution in [2.75, 3.05) is 13.7 Å². The zero-order chi connectivity index (χ0) is 18.5. The first kappa shape index (κ1) is 18.6. The molecule has 2 unspecified atom stereocenters. The van der Waals surface area contributed by atoms with Crippen molar-refractivity contribution >= 4 is 17.7 Å². The number of methoxy groups -OCH3 is 1. The van der Waals surface area contributed by atoms with Crippen LogP contribution in [0.1, 0.15) is 17.2 Å². The molecule has 1 heterocycles. The molecule has 6 nitrogen and oxygen atoms in total. The van der Waals surface area contributed by atoms with Crippen LogP contribution in [-0.2, 0) is 11.2 Å².